The quantitative estimate of drug-likeness (QED) is 0.610. The molecule has 0 aliphatic carbocycles. The molecule has 6 heteroatoms. The van der Waals surface area contributed by atoms with Crippen LogP contribution < -0.4 is 14.8 Å². The summed E-state index contributed by atoms with van der Waals surface area (Å²) in [6, 6.07) is 10.9. The van der Waals surface area contributed by atoms with E-state index in [0.717, 1.165) is 11.3 Å². The van der Waals surface area contributed by atoms with Crippen molar-refractivity contribution in [2.45, 2.75) is 31.6 Å². The lowest BCUT2D eigenvalue weighted by molar-refractivity contribution is 0.0987. The normalized spacial score (nSPS) is 14.6. The lowest BCUT2D eigenvalue weighted by atomic mass is 10.0. The molecule has 0 amide bonds. The first-order valence-corrected chi connectivity index (χ1v) is 8.34. The molecule has 2 rings (SSSR count). The number of pyridine rings is 1. The van der Waals surface area contributed by atoms with Gasteiger partial charge in [-0.25, -0.2) is 0 Å². The number of hydrogen-bond donors (Lipinski definition) is 3. The Kier molecular flexibility index (Phi) is 7.66. The molecule has 136 valence electrons. The van der Waals surface area contributed by atoms with Gasteiger partial charge in [0.05, 0.1) is 13.2 Å². The smallest absolute Gasteiger partial charge is 0.119 e. The van der Waals surface area contributed by atoms with Gasteiger partial charge in [0, 0.05) is 25.0 Å². The Bertz CT molecular complexity index is 607. The van der Waals surface area contributed by atoms with Crippen molar-refractivity contribution < 1.29 is 19.7 Å². The summed E-state index contributed by atoms with van der Waals surface area (Å²) < 4.78 is 10.6. The van der Waals surface area contributed by atoms with E-state index >= 15 is 0 Å². The summed E-state index contributed by atoms with van der Waals surface area (Å²) in [5.74, 6) is 1.44. The molecule has 3 unspecified atom stereocenters. The molecule has 2 aromatic rings. The van der Waals surface area contributed by atoms with E-state index in [-0.39, 0.29) is 12.6 Å². The molecule has 0 aliphatic rings. The molecule has 6 nitrogen and oxygen atoms in total. The summed E-state index contributed by atoms with van der Waals surface area (Å²) in [5, 5.41) is 23.4. The molecular weight excluding hydrogens is 320 g/mol. The number of methoxy groups -OCH3 is 1. The van der Waals surface area contributed by atoms with Crippen LogP contribution in [0.25, 0.3) is 0 Å². The monoisotopic (exact) mass is 346 g/mol. The van der Waals surface area contributed by atoms with Crippen LogP contribution >= 0.6 is 0 Å². The fourth-order valence-corrected chi connectivity index (χ4v) is 2.39. The zero-order chi connectivity index (χ0) is 18.1. The SMILES string of the molecule is COc1ccc(OCC(O)CNC(C)CC(O)c2cccnc2)cc1. The number of nitrogens with one attached hydrogen (secondary N) is 1. The molecule has 1 aromatic carbocycles. The first-order chi connectivity index (χ1) is 12.1. The minimum absolute atomic E-state index is 0.0471. The summed E-state index contributed by atoms with van der Waals surface area (Å²) in [7, 11) is 1.61. The first kappa shape index (κ1) is 19.2. The maximum atomic E-state index is 10.2. The Hall–Kier alpha value is -2.15. The van der Waals surface area contributed by atoms with Gasteiger partial charge < -0.3 is 25.0 Å². The van der Waals surface area contributed by atoms with Crippen molar-refractivity contribution in [1.82, 2.24) is 10.3 Å². The second-order valence-corrected chi connectivity index (χ2v) is 5.99. The highest BCUT2D eigenvalue weighted by Gasteiger charge is 2.14. The van der Waals surface area contributed by atoms with Gasteiger partial charge in [-0.2, -0.15) is 0 Å². The number of aromatic nitrogens is 1. The van der Waals surface area contributed by atoms with E-state index < -0.39 is 12.2 Å². The van der Waals surface area contributed by atoms with Gasteiger partial charge in [-0.3, -0.25) is 4.98 Å². The third-order valence-corrected chi connectivity index (χ3v) is 3.85. The lowest BCUT2D eigenvalue weighted by Gasteiger charge is -2.20. The van der Waals surface area contributed by atoms with E-state index in [9.17, 15) is 10.2 Å². The first-order valence-electron chi connectivity index (χ1n) is 8.34. The number of nitrogens with zero attached hydrogens (tertiary/aromatic N) is 1. The third kappa shape index (κ3) is 6.70. The van der Waals surface area contributed by atoms with Crippen LogP contribution in [-0.4, -0.2) is 47.6 Å². The maximum absolute atomic E-state index is 10.2. The van der Waals surface area contributed by atoms with E-state index in [0.29, 0.717) is 18.7 Å². The second kappa shape index (κ2) is 9.98. The van der Waals surface area contributed by atoms with Crippen LogP contribution in [-0.2, 0) is 0 Å². The zero-order valence-corrected chi connectivity index (χ0v) is 14.6. The van der Waals surface area contributed by atoms with Crippen molar-refractivity contribution >= 4 is 0 Å². The zero-order valence-electron chi connectivity index (χ0n) is 14.6. The van der Waals surface area contributed by atoms with E-state index in [1.807, 2.05) is 25.1 Å². The lowest BCUT2D eigenvalue weighted by Crippen LogP contribution is -2.37. The highest BCUT2D eigenvalue weighted by atomic mass is 16.5. The molecular formula is C19H26N2O4. The summed E-state index contributed by atoms with van der Waals surface area (Å²) >= 11 is 0. The summed E-state index contributed by atoms with van der Waals surface area (Å²) in [5.41, 5.74) is 0.791. The number of ether oxygens (including phenoxy) is 2. The van der Waals surface area contributed by atoms with E-state index in [1.165, 1.54) is 0 Å². The van der Waals surface area contributed by atoms with Crippen molar-refractivity contribution in [3.05, 3.63) is 54.4 Å². The van der Waals surface area contributed by atoms with Gasteiger partial charge in [0.2, 0.25) is 0 Å². The van der Waals surface area contributed by atoms with E-state index in [2.05, 4.69) is 10.3 Å². The highest BCUT2D eigenvalue weighted by Crippen LogP contribution is 2.18. The molecule has 0 fully saturated rings. The van der Waals surface area contributed by atoms with Crippen LogP contribution in [0.1, 0.15) is 25.0 Å². The Morgan fingerprint density at radius 2 is 1.84 bits per heavy atom. The third-order valence-electron chi connectivity index (χ3n) is 3.85. The van der Waals surface area contributed by atoms with Gasteiger partial charge in [0.15, 0.2) is 0 Å². The second-order valence-electron chi connectivity index (χ2n) is 5.99. The molecule has 1 heterocycles. The summed E-state index contributed by atoms with van der Waals surface area (Å²) in [6.07, 6.45) is 2.66. The summed E-state index contributed by atoms with van der Waals surface area (Å²) in [4.78, 5) is 4.01. The number of aliphatic hydroxyl groups excluding tert-OH is 2. The van der Waals surface area contributed by atoms with Gasteiger partial charge >= 0.3 is 0 Å². The maximum Gasteiger partial charge on any atom is 0.119 e. The van der Waals surface area contributed by atoms with Crippen LogP contribution in [0.4, 0.5) is 0 Å². The fraction of sp³-hybridized carbons (Fsp3) is 0.421. The van der Waals surface area contributed by atoms with Crippen molar-refractivity contribution in [3.8, 4) is 11.5 Å². The van der Waals surface area contributed by atoms with Crippen molar-refractivity contribution in [3.63, 3.8) is 0 Å². The Labute approximate surface area is 148 Å². The van der Waals surface area contributed by atoms with Crippen LogP contribution in [0.5, 0.6) is 11.5 Å². The molecule has 3 atom stereocenters. The van der Waals surface area contributed by atoms with Crippen LogP contribution in [0.3, 0.4) is 0 Å². The molecule has 0 radical (unpaired) electrons. The van der Waals surface area contributed by atoms with Crippen LogP contribution in [0.15, 0.2) is 48.8 Å². The van der Waals surface area contributed by atoms with Crippen LogP contribution in [0, 0.1) is 0 Å². The minimum Gasteiger partial charge on any atom is -0.497 e. The fourth-order valence-electron chi connectivity index (χ4n) is 2.39. The number of aliphatic hydroxyl groups is 2. The molecule has 0 spiro atoms. The van der Waals surface area contributed by atoms with Crippen molar-refractivity contribution in [2.75, 3.05) is 20.3 Å². The average Bonchev–Trinajstić information content (AvgIpc) is 2.65. The molecule has 0 aliphatic heterocycles. The minimum atomic E-state index is -0.639. The van der Waals surface area contributed by atoms with E-state index in [1.54, 1.807) is 37.7 Å². The topological polar surface area (TPSA) is 83.8 Å². The molecule has 0 saturated carbocycles. The predicted octanol–water partition coefficient (Wildman–Crippen LogP) is 1.93. The number of rotatable bonds is 10. The van der Waals surface area contributed by atoms with Crippen molar-refractivity contribution in [1.29, 1.82) is 0 Å². The predicted molar refractivity (Wildman–Crippen MR) is 95.8 cm³/mol. The average molecular weight is 346 g/mol. The molecule has 0 saturated heterocycles. The van der Waals surface area contributed by atoms with Gasteiger partial charge in [-0.15, -0.1) is 0 Å². The Balaban J connectivity index is 1.67. The highest BCUT2D eigenvalue weighted by molar-refractivity contribution is 5.31. The Morgan fingerprint density at radius 3 is 2.48 bits per heavy atom. The molecule has 1 aromatic heterocycles. The molecule has 3 N–H and O–H groups in total. The summed E-state index contributed by atoms with van der Waals surface area (Å²) in [6.45, 7) is 2.55. The number of benzene rings is 1. The van der Waals surface area contributed by atoms with Crippen LogP contribution in [0.2, 0.25) is 0 Å². The van der Waals surface area contributed by atoms with Gasteiger partial charge in [-0.05, 0) is 49.2 Å². The number of hydrogen-bond acceptors (Lipinski definition) is 6. The van der Waals surface area contributed by atoms with Gasteiger partial charge in [0.1, 0.15) is 24.2 Å². The van der Waals surface area contributed by atoms with E-state index in [4.69, 9.17) is 9.47 Å². The standard InChI is InChI=1S/C19H26N2O4/c1-14(10-19(23)15-4-3-9-20-11-15)21-12-16(22)13-25-18-7-5-17(24-2)6-8-18/h3-9,11,14,16,19,21-23H,10,12-13H2,1-2H3. The largest absolute Gasteiger partial charge is 0.497 e. The molecule has 0 bridgehead atoms. The van der Waals surface area contributed by atoms with Gasteiger partial charge in [0.25, 0.3) is 0 Å². The van der Waals surface area contributed by atoms with Gasteiger partial charge in [-0.1, -0.05) is 6.07 Å². The Morgan fingerprint density at radius 1 is 1.12 bits per heavy atom. The van der Waals surface area contributed by atoms with Crippen molar-refractivity contribution in [2.24, 2.45) is 0 Å². The molecule has 25 heavy (non-hydrogen) atoms.